The van der Waals surface area contributed by atoms with Gasteiger partial charge in [-0.05, 0) is 103 Å². The molecule has 0 radical (unpaired) electrons. The van der Waals surface area contributed by atoms with E-state index in [1.165, 1.54) is 6.07 Å². The molecule has 65 heavy (non-hydrogen) atoms. The summed E-state index contributed by atoms with van der Waals surface area (Å²) in [5.74, 6) is 1.74. The lowest BCUT2D eigenvalue weighted by Crippen LogP contribution is -2.32. The summed E-state index contributed by atoms with van der Waals surface area (Å²) in [5.41, 5.74) is 1.52. The van der Waals surface area contributed by atoms with Gasteiger partial charge in [0, 0.05) is 80.2 Å². The van der Waals surface area contributed by atoms with Crippen molar-refractivity contribution in [3.05, 3.63) is 71.8 Å². The van der Waals surface area contributed by atoms with Crippen LogP contribution in [0.5, 0.6) is 23.0 Å². The normalized spacial score (nSPS) is 17.6. The molecule has 5 atom stereocenters. The molecule has 1 N–H and O–H groups in total. The van der Waals surface area contributed by atoms with Crippen LogP contribution in [-0.2, 0) is 25.5 Å². The van der Waals surface area contributed by atoms with Crippen molar-refractivity contribution in [2.75, 3.05) is 82.8 Å². The number of aliphatic hydroxyl groups is 1. The molecule has 1 unspecified atom stereocenters. The average Bonchev–Trinajstić information content (AvgIpc) is 3.28. The molecule has 2 amide bonds. The zero-order valence-electron chi connectivity index (χ0n) is 53.4. The van der Waals surface area contributed by atoms with Gasteiger partial charge in [-0.3, -0.25) is 9.59 Å². The summed E-state index contributed by atoms with van der Waals surface area (Å²) >= 11 is 0. The smallest absolute Gasteiger partial charge is 0.225 e. The number of allylic oxidation sites excluding steroid dienone is 4. The van der Waals surface area contributed by atoms with Crippen LogP contribution >= 0.6 is 0 Å². The van der Waals surface area contributed by atoms with Gasteiger partial charge in [0.2, 0.25) is 11.8 Å². The highest BCUT2D eigenvalue weighted by atomic mass is 16.5. The fraction of sp³-hybridized carbons (Fsp3) is 0.667. The Labute approximate surface area is 412 Å². The van der Waals surface area contributed by atoms with Gasteiger partial charge >= 0.3 is 0 Å². The van der Waals surface area contributed by atoms with Crippen LogP contribution in [0.1, 0.15) is 128 Å². The Morgan fingerprint density at radius 3 is 1.51 bits per heavy atom. The second kappa shape index (κ2) is 32.6. The number of benzene rings is 2. The molecule has 2 rings (SSSR count). The predicted molar refractivity (Wildman–Crippen MR) is 266 cm³/mol. The van der Waals surface area contributed by atoms with E-state index < -0.39 is 34.3 Å². The van der Waals surface area contributed by atoms with Crippen LogP contribution in [0, 0.1) is 47.3 Å². The van der Waals surface area contributed by atoms with Crippen LogP contribution in [-0.4, -0.2) is 109 Å². The van der Waals surface area contributed by atoms with E-state index in [2.05, 4.69) is 39.8 Å². The standard InChI is InChI=1S/C27H45NO5.C27H45NO4/c1-19(2)22(12-9-10-13-23(20(3)4)27(30)28(5)6)26(29)21-14-15-24(32-8)25(18-21)33-17-11-16-31-7;1-20(2)23(12-9-10-13-24(21(3)4)27(29)28(5)6)18-22-14-15-25(31-8)26(19-22)32-17-11-16-30-7/h9-10,14-15,18-20,22-23,26,29H,11-13,16-17H2,1-8H3;9-10,14-15,19-21,23-24H,11-13,16-18H2,1-8H3/b2*10-9+/t22-,23-,26?;23-,24+/m01/s1/i2*7D3,8D3. The monoisotopic (exact) mass is 923 g/mol. The van der Waals surface area contributed by atoms with E-state index in [-0.39, 0.29) is 97.4 Å². The van der Waals surface area contributed by atoms with E-state index in [0.717, 1.165) is 18.4 Å². The predicted octanol–water partition coefficient (Wildman–Crippen LogP) is 10.7. The number of hydrogen-bond acceptors (Lipinski definition) is 9. The minimum atomic E-state index is -2.70. The number of ether oxygens (including phenoxy) is 6. The van der Waals surface area contributed by atoms with Gasteiger partial charge in [0.15, 0.2) is 23.0 Å². The molecule has 0 saturated heterocycles. The largest absolute Gasteiger partial charge is 0.493 e. The molecule has 0 bridgehead atoms. The molecule has 2 aromatic carbocycles. The van der Waals surface area contributed by atoms with Crippen molar-refractivity contribution in [1.29, 1.82) is 0 Å². The van der Waals surface area contributed by atoms with E-state index in [4.69, 9.17) is 44.9 Å². The molecule has 0 heterocycles. The molecule has 0 aliphatic carbocycles. The van der Waals surface area contributed by atoms with Gasteiger partial charge in [0.1, 0.15) is 0 Å². The SMILES string of the molecule is [2H]C([2H])([2H])OCCCOc1cc(C(O)[C@@H](C/C=C/C[C@H](C(=O)N(C)C)C(C)C)C(C)C)ccc1OC([2H])([2H])[2H].[2H]C([2H])([2H])OCCCOc1cc(C[C@@H](C/C=C/C[C@H](C(=O)N(C)C)C(C)C)C(C)C)ccc1OC([2H])([2H])[2H]. The number of carbonyl (C=O) groups excluding carboxylic acids is 2. The first kappa shape index (κ1) is 41.2. The fourth-order valence-electron chi connectivity index (χ4n) is 7.31. The maximum absolute atomic E-state index is 12.5. The number of methoxy groups -OCH3 is 4. The van der Waals surface area contributed by atoms with Gasteiger partial charge in [0.25, 0.3) is 0 Å². The quantitative estimate of drug-likeness (QED) is 0.0604. The van der Waals surface area contributed by atoms with E-state index >= 15 is 0 Å². The lowest BCUT2D eigenvalue weighted by Gasteiger charge is -2.26. The highest BCUT2D eigenvalue weighted by molar-refractivity contribution is 5.79. The van der Waals surface area contributed by atoms with Gasteiger partial charge in [-0.2, -0.15) is 0 Å². The number of nitrogens with zero attached hydrogens (tertiary/aromatic N) is 2. The van der Waals surface area contributed by atoms with Gasteiger partial charge in [-0.1, -0.05) is 91.8 Å². The second-order valence-corrected chi connectivity index (χ2v) is 18.4. The first-order valence-electron chi connectivity index (χ1n) is 29.0. The second-order valence-electron chi connectivity index (χ2n) is 18.4. The van der Waals surface area contributed by atoms with E-state index in [1.54, 1.807) is 62.3 Å². The van der Waals surface area contributed by atoms with E-state index in [0.29, 0.717) is 48.8 Å². The van der Waals surface area contributed by atoms with Crippen LogP contribution < -0.4 is 18.9 Å². The molecule has 0 fully saturated rings. The first-order valence-corrected chi connectivity index (χ1v) is 23.0. The van der Waals surface area contributed by atoms with Crippen molar-refractivity contribution >= 4 is 11.8 Å². The Morgan fingerprint density at radius 1 is 0.585 bits per heavy atom. The molecule has 0 aliphatic rings. The minimum Gasteiger partial charge on any atom is -0.493 e. The number of hydrogen-bond donors (Lipinski definition) is 1. The number of rotatable bonds is 30. The van der Waals surface area contributed by atoms with Crippen molar-refractivity contribution in [1.82, 2.24) is 9.80 Å². The molecule has 11 nitrogen and oxygen atoms in total. The summed E-state index contributed by atoms with van der Waals surface area (Å²) in [5, 5.41) is 11.3. The molecule has 0 saturated carbocycles. The third-order valence-electron chi connectivity index (χ3n) is 11.6. The molecule has 0 aromatic heterocycles. The third kappa shape index (κ3) is 21.9. The lowest BCUT2D eigenvalue weighted by molar-refractivity contribution is -0.135. The highest BCUT2D eigenvalue weighted by Gasteiger charge is 2.26. The average molecular weight is 923 g/mol. The first-order chi connectivity index (χ1) is 35.4. The molecule has 11 heteroatoms. The maximum atomic E-state index is 12.5. The summed E-state index contributed by atoms with van der Waals surface area (Å²) in [6.07, 6.45) is 11.4. The summed E-state index contributed by atoms with van der Waals surface area (Å²) in [7, 11) is -3.22. The maximum Gasteiger partial charge on any atom is 0.225 e. The topological polar surface area (TPSA) is 116 Å². The van der Waals surface area contributed by atoms with Crippen molar-refractivity contribution < 1.29 is 59.6 Å². The number of carbonyl (C=O) groups is 2. The lowest BCUT2D eigenvalue weighted by atomic mass is 9.83. The van der Waals surface area contributed by atoms with E-state index in [9.17, 15) is 14.7 Å². The molecular weight excluding hydrogens is 821 g/mol. The van der Waals surface area contributed by atoms with Crippen molar-refractivity contribution in [2.45, 2.75) is 106 Å². The van der Waals surface area contributed by atoms with Crippen LogP contribution in [0.15, 0.2) is 60.7 Å². The third-order valence-corrected chi connectivity index (χ3v) is 11.6. The van der Waals surface area contributed by atoms with Gasteiger partial charge in [-0.25, -0.2) is 0 Å². The molecule has 370 valence electrons. The summed E-state index contributed by atoms with van der Waals surface area (Å²) < 4.78 is 118. The number of aliphatic hydroxyl groups excluding tert-OH is 1. The molecular formula is C54H90N2O9. The van der Waals surface area contributed by atoms with Crippen LogP contribution in [0.25, 0.3) is 0 Å². The van der Waals surface area contributed by atoms with Crippen LogP contribution in [0.2, 0.25) is 0 Å². The molecule has 2 aromatic rings. The summed E-state index contributed by atoms with van der Waals surface area (Å²) in [6, 6.07) is 9.85. The Kier molecular flexibility index (Phi) is 20.6. The van der Waals surface area contributed by atoms with Crippen molar-refractivity contribution in [2.24, 2.45) is 47.3 Å². The van der Waals surface area contributed by atoms with Crippen molar-refractivity contribution in [3.63, 3.8) is 0 Å². The Morgan fingerprint density at radius 2 is 1.06 bits per heavy atom. The number of amides is 2. The van der Waals surface area contributed by atoms with Crippen LogP contribution in [0.3, 0.4) is 0 Å². The zero-order valence-corrected chi connectivity index (χ0v) is 41.4. The Bertz CT molecular complexity index is 2090. The highest BCUT2D eigenvalue weighted by Crippen LogP contribution is 2.37. The summed E-state index contributed by atoms with van der Waals surface area (Å²) in [4.78, 5) is 28.2. The Balaban J connectivity index is 0.000000770. The van der Waals surface area contributed by atoms with Crippen molar-refractivity contribution in [3.8, 4) is 23.0 Å². The zero-order chi connectivity index (χ0) is 59.1. The summed E-state index contributed by atoms with van der Waals surface area (Å²) in [6.45, 7) is 16.7. The minimum absolute atomic E-state index is 0.00558. The van der Waals surface area contributed by atoms with Crippen LogP contribution in [0.4, 0.5) is 0 Å². The molecule has 0 spiro atoms. The van der Waals surface area contributed by atoms with Gasteiger partial charge < -0.3 is 43.3 Å². The van der Waals surface area contributed by atoms with Gasteiger partial charge in [0.05, 0.1) is 49.8 Å². The Hall–Kier alpha value is -4.06. The fourth-order valence-corrected chi connectivity index (χ4v) is 7.31. The van der Waals surface area contributed by atoms with Gasteiger partial charge in [-0.15, -0.1) is 0 Å². The van der Waals surface area contributed by atoms with E-state index in [1.807, 2.05) is 45.9 Å². The molecule has 0 aliphatic heterocycles.